The third-order valence-corrected chi connectivity index (χ3v) is 5.56. The molecule has 3 aromatic rings. The monoisotopic (exact) mass is 384 g/mol. The van der Waals surface area contributed by atoms with Gasteiger partial charge in [-0.1, -0.05) is 54.6 Å². The van der Waals surface area contributed by atoms with Crippen molar-refractivity contribution in [3.05, 3.63) is 95.4 Å². The average Bonchev–Trinajstić information content (AvgIpc) is 3.34. The Labute approximate surface area is 171 Å². The van der Waals surface area contributed by atoms with Gasteiger partial charge in [0.2, 0.25) is 5.91 Å². The quantitative estimate of drug-likeness (QED) is 0.564. The second kappa shape index (κ2) is 8.74. The minimum Gasteiger partial charge on any atom is -0.338 e. The Bertz CT molecular complexity index is 1020. The molecule has 1 atom stereocenters. The lowest BCUT2D eigenvalue weighted by molar-refractivity contribution is -0.131. The van der Waals surface area contributed by atoms with Crippen LogP contribution in [0.15, 0.2) is 67.1 Å². The van der Waals surface area contributed by atoms with Gasteiger partial charge >= 0.3 is 0 Å². The molecule has 4 rings (SSSR count). The summed E-state index contributed by atoms with van der Waals surface area (Å²) in [6.07, 6.45) is 6.38. The average molecular weight is 384 g/mol. The molecule has 1 fully saturated rings. The van der Waals surface area contributed by atoms with Crippen molar-refractivity contribution < 1.29 is 4.79 Å². The number of amides is 1. The molecule has 0 spiro atoms. The SMILES string of the molecule is [C-]#[N+]c1cccc(CN2CC[C@H](CCc3cncn3Cc3ccccc3)C2=O)c1. The zero-order valence-electron chi connectivity index (χ0n) is 16.4. The van der Waals surface area contributed by atoms with Crippen molar-refractivity contribution in [2.24, 2.45) is 5.92 Å². The van der Waals surface area contributed by atoms with Crippen molar-refractivity contribution in [1.82, 2.24) is 14.5 Å². The number of aromatic nitrogens is 2. The van der Waals surface area contributed by atoms with Gasteiger partial charge in [-0.15, -0.1) is 0 Å². The van der Waals surface area contributed by atoms with Crippen molar-refractivity contribution >= 4 is 11.6 Å². The number of hydrogen-bond acceptors (Lipinski definition) is 2. The molecule has 0 N–H and O–H groups in total. The Kier molecular flexibility index (Phi) is 5.71. The molecule has 0 saturated carbocycles. The molecule has 1 aromatic heterocycles. The van der Waals surface area contributed by atoms with Gasteiger partial charge < -0.3 is 9.47 Å². The van der Waals surface area contributed by atoms with Gasteiger partial charge in [0, 0.05) is 37.4 Å². The maximum Gasteiger partial charge on any atom is 0.226 e. The maximum absolute atomic E-state index is 12.8. The first-order valence-electron chi connectivity index (χ1n) is 10.0. The van der Waals surface area contributed by atoms with E-state index in [-0.39, 0.29) is 11.8 Å². The summed E-state index contributed by atoms with van der Waals surface area (Å²) in [6.45, 7) is 9.32. The molecule has 5 nitrogen and oxygen atoms in total. The first-order valence-corrected chi connectivity index (χ1v) is 10.0. The van der Waals surface area contributed by atoms with E-state index in [0.717, 1.165) is 37.9 Å². The number of likely N-dealkylation sites (tertiary alicyclic amines) is 1. The van der Waals surface area contributed by atoms with Crippen molar-refractivity contribution in [3.63, 3.8) is 0 Å². The summed E-state index contributed by atoms with van der Waals surface area (Å²) in [5.41, 5.74) is 4.06. The third kappa shape index (κ3) is 4.55. The molecule has 0 aliphatic carbocycles. The molecule has 0 bridgehead atoms. The summed E-state index contributed by atoms with van der Waals surface area (Å²) in [5.74, 6) is 0.298. The van der Waals surface area contributed by atoms with Gasteiger partial charge in [0.05, 0.1) is 12.9 Å². The van der Waals surface area contributed by atoms with E-state index in [1.54, 1.807) is 6.07 Å². The Morgan fingerprint density at radius 1 is 1.07 bits per heavy atom. The van der Waals surface area contributed by atoms with E-state index in [9.17, 15) is 4.79 Å². The summed E-state index contributed by atoms with van der Waals surface area (Å²) in [7, 11) is 0. The van der Waals surface area contributed by atoms with E-state index in [1.807, 2.05) is 53.8 Å². The molecule has 1 aliphatic rings. The van der Waals surface area contributed by atoms with Gasteiger partial charge in [-0.25, -0.2) is 9.83 Å². The summed E-state index contributed by atoms with van der Waals surface area (Å²) in [5, 5.41) is 0. The van der Waals surface area contributed by atoms with Crippen molar-refractivity contribution in [3.8, 4) is 0 Å². The van der Waals surface area contributed by atoms with Crippen molar-refractivity contribution in [2.45, 2.75) is 32.4 Å². The van der Waals surface area contributed by atoms with Gasteiger partial charge in [-0.05, 0) is 30.4 Å². The zero-order chi connectivity index (χ0) is 20.1. The Morgan fingerprint density at radius 3 is 2.72 bits per heavy atom. The van der Waals surface area contributed by atoms with Gasteiger partial charge in [-0.2, -0.15) is 0 Å². The fraction of sp³-hybridized carbons (Fsp3) is 0.292. The molecule has 5 heteroatoms. The van der Waals surface area contributed by atoms with Crippen LogP contribution in [0.4, 0.5) is 5.69 Å². The molecule has 1 saturated heterocycles. The summed E-state index contributed by atoms with van der Waals surface area (Å²) in [6, 6.07) is 17.9. The molecule has 2 aromatic carbocycles. The van der Waals surface area contributed by atoms with Crippen LogP contribution in [0, 0.1) is 12.5 Å². The molecule has 146 valence electrons. The number of imidazole rings is 1. The molecule has 1 aliphatic heterocycles. The highest BCUT2D eigenvalue weighted by Crippen LogP contribution is 2.26. The third-order valence-electron chi connectivity index (χ3n) is 5.56. The highest BCUT2D eigenvalue weighted by atomic mass is 16.2. The summed E-state index contributed by atoms with van der Waals surface area (Å²) >= 11 is 0. The van der Waals surface area contributed by atoms with E-state index in [0.29, 0.717) is 12.2 Å². The van der Waals surface area contributed by atoms with Crippen LogP contribution in [0.25, 0.3) is 4.85 Å². The molecule has 1 amide bonds. The fourth-order valence-corrected chi connectivity index (χ4v) is 3.97. The first kappa shape index (κ1) is 18.9. The predicted molar refractivity (Wildman–Crippen MR) is 112 cm³/mol. The molecule has 0 unspecified atom stereocenters. The van der Waals surface area contributed by atoms with Crippen LogP contribution in [0.3, 0.4) is 0 Å². The van der Waals surface area contributed by atoms with Crippen molar-refractivity contribution in [2.75, 3.05) is 6.54 Å². The van der Waals surface area contributed by atoms with E-state index >= 15 is 0 Å². The predicted octanol–water partition coefficient (Wildman–Crippen LogP) is 4.46. The number of rotatable bonds is 7. The number of carbonyl (C=O) groups is 1. The van der Waals surface area contributed by atoms with Crippen LogP contribution in [0.2, 0.25) is 0 Å². The van der Waals surface area contributed by atoms with Gasteiger partial charge in [0.25, 0.3) is 0 Å². The first-order chi connectivity index (χ1) is 14.2. The summed E-state index contributed by atoms with van der Waals surface area (Å²) < 4.78 is 2.17. The minimum atomic E-state index is 0.0686. The van der Waals surface area contributed by atoms with E-state index in [2.05, 4.69) is 26.5 Å². The van der Waals surface area contributed by atoms with Crippen LogP contribution in [0.1, 0.15) is 29.7 Å². The highest BCUT2D eigenvalue weighted by Gasteiger charge is 2.31. The maximum atomic E-state index is 12.8. The number of benzene rings is 2. The molecular weight excluding hydrogens is 360 g/mol. The lowest BCUT2D eigenvalue weighted by atomic mass is 10.0. The molecular formula is C24H24N4O. The number of hydrogen-bond donors (Lipinski definition) is 0. The van der Waals surface area contributed by atoms with Crippen LogP contribution < -0.4 is 0 Å². The van der Waals surface area contributed by atoms with Gasteiger partial charge in [0.1, 0.15) is 0 Å². The second-order valence-corrected chi connectivity index (χ2v) is 7.56. The highest BCUT2D eigenvalue weighted by molar-refractivity contribution is 5.80. The molecule has 0 radical (unpaired) electrons. The number of aryl methyl sites for hydroxylation is 1. The van der Waals surface area contributed by atoms with Crippen LogP contribution >= 0.6 is 0 Å². The standard InChI is InChI=1S/C24H24N4O/c1-25-22-9-5-8-20(14-22)17-27-13-12-21(24(27)29)10-11-23-15-26-18-28(23)16-19-6-3-2-4-7-19/h2-9,14-15,18,21H,10-13,16-17H2/t21-/m0/s1. The van der Waals surface area contributed by atoms with Crippen molar-refractivity contribution in [1.29, 1.82) is 0 Å². The smallest absolute Gasteiger partial charge is 0.226 e. The Hall–Kier alpha value is -3.39. The number of carbonyl (C=O) groups excluding carboxylic acids is 1. The van der Waals surface area contributed by atoms with Gasteiger partial charge in [-0.3, -0.25) is 4.79 Å². The lowest BCUT2D eigenvalue weighted by Crippen LogP contribution is -2.27. The molecule has 2 heterocycles. The zero-order valence-corrected chi connectivity index (χ0v) is 16.4. The van der Waals surface area contributed by atoms with E-state index in [4.69, 9.17) is 6.57 Å². The largest absolute Gasteiger partial charge is 0.338 e. The Balaban J connectivity index is 1.34. The number of nitrogens with zero attached hydrogens (tertiary/aromatic N) is 4. The van der Waals surface area contributed by atoms with Crippen LogP contribution in [-0.2, 0) is 24.3 Å². The Morgan fingerprint density at radius 2 is 1.90 bits per heavy atom. The fourth-order valence-electron chi connectivity index (χ4n) is 3.97. The lowest BCUT2D eigenvalue weighted by Gasteiger charge is -2.17. The second-order valence-electron chi connectivity index (χ2n) is 7.56. The van der Waals surface area contributed by atoms with E-state index < -0.39 is 0 Å². The van der Waals surface area contributed by atoms with E-state index in [1.165, 1.54) is 11.3 Å². The topological polar surface area (TPSA) is 42.5 Å². The minimum absolute atomic E-state index is 0.0686. The van der Waals surface area contributed by atoms with Crippen LogP contribution in [-0.4, -0.2) is 26.9 Å². The van der Waals surface area contributed by atoms with Gasteiger partial charge in [0.15, 0.2) is 5.69 Å². The summed E-state index contributed by atoms with van der Waals surface area (Å²) in [4.78, 5) is 22.6. The molecule has 29 heavy (non-hydrogen) atoms. The van der Waals surface area contributed by atoms with Crippen LogP contribution in [0.5, 0.6) is 0 Å². The normalized spacial score (nSPS) is 16.2.